The van der Waals surface area contributed by atoms with E-state index in [0.717, 1.165) is 32.1 Å². The highest BCUT2D eigenvalue weighted by atomic mass is 79.9. The molecule has 4 atom stereocenters. The topological polar surface area (TPSA) is 108 Å². The van der Waals surface area contributed by atoms with Gasteiger partial charge in [0, 0.05) is 22.5 Å². The van der Waals surface area contributed by atoms with E-state index < -0.39 is 26.5 Å². The lowest BCUT2D eigenvalue weighted by molar-refractivity contribution is -0.870. The van der Waals surface area contributed by atoms with Crippen LogP contribution in [0, 0.1) is 0 Å². The molecule has 0 rings (SSSR count). The fourth-order valence-electron chi connectivity index (χ4n) is 6.17. The van der Waals surface area contributed by atoms with Crippen molar-refractivity contribution in [1.29, 1.82) is 0 Å². The highest BCUT2D eigenvalue weighted by Gasteiger charge is 2.27. The van der Waals surface area contributed by atoms with Crippen molar-refractivity contribution in [3.05, 3.63) is 0 Å². The van der Waals surface area contributed by atoms with Crippen molar-refractivity contribution in [1.82, 2.24) is 0 Å². The van der Waals surface area contributed by atoms with Crippen LogP contribution in [-0.2, 0) is 32.7 Å². The minimum Gasteiger partial charge on any atom is -0.462 e. The molecule has 12 heteroatoms. The molecular formula is C42H83Br2NO8P+. The number of halogens is 2. The number of unbranched alkanes of at least 4 members (excludes halogenated alkanes) is 22. The van der Waals surface area contributed by atoms with Gasteiger partial charge in [0.05, 0.1) is 27.7 Å². The Morgan fingerprint density at radius 2 is 1.00 bits per heavy atom. The Bertz CT molecular complexity index is 938. The normalized spacial score (nSPS) is 14.7. The summed E-state index contributed by atoms with van der Waals surface area (Å²) in [6.45, 7) is 4.36. The van der Waals surface area contributed by atoms with Crippen molar-refractivity contribution in [3.63, 3.8) is 0 Å². The number of esters is 2. The van der Waals surface area contributed by atoms with Gasteiger partial charge in [-0.1, -0.05) is 193 Å². The van der Waals surface area contributed by atoms with Crippen LogP contribution in [0.2, 0.25) is 0 Å². The standard InChI is InChI=1S/C42H82Br2NO8P/c1-6-8-10-12-14-16-18-19-21-23-25-27-29-31-41(46)50-36-38(37-52-54(48,49)51-35-34-45(3,4)5)53-42(47)33-32-40(44)39(43)30-28-26-24-22-20-17-15-13-11-9-7-2/h38-40H,6-37H2,1-5H3/p+1. The molecule has 0 aromatic carbocycles. The lowest BCUT2D eigenvalue weighted by atomic mass is 10.0. The second-order valence-electron chi connectivity index (χ2n) is 16.3. The first-order valence-electron chi connectivity index (χ1n) is 21.8. The molecule has 4 unspecified atom stereocenters. The first kappa shape index (κ1) is 54.0. The van der Waals surface area contributed by atoms with Gasteiger partial charge < -0.3 is 18.9 Å². The number of nitrogens with zero attached hydrogens (tertiary/aromatic N) is 1. The van der Waals surface area contributed by atoms with Gasteiger partial charge in [0.15, 0.2) is 6.10 Å². The minimum atomic E-state index is -4.39. The number of carbonyl (C=O) groups is 2. The van der Waals surface area contributed by atoms with Gasteiger partial charge in [-0.05, 0) is 19.3 Å². The molecule has 0 aromatic heterocycles. The third-order valence-electron chi connectivity index (χ3n) is 9.75. The molecule has 0 saturated heterocycles. The molecule has 54 heavy (non-hydrogen) atoms. The summed E-state index contributed by atoms with van der Waals surface area (Å²) in [6, 6.07) is 0. The lowest BCUT2D eigenvalue weighted by Gasteiger charge is -2.24. The van der Waals surface area contributed by atoms with E-state index in [0.29, 0.717) is 17.4 Å². The van der Waals surface area contributed by atoms with Crippen molar-refractivity contribution in [2.45, 2.75) is 209 Å². The molecule has 0 heterocycles. The number of phosphoric ester groups is 1. The number of likely N-dealkylation sites (N-methyl/N-ethyl adjacent to an activating group) is 1. The van der Waals surface area contributed by atoms with E-state index >= 15 is 0 Å². The summed E-state index contributed by atoms with van der Waals surface area (Å²) < 4.78 is 34.4. The van der Waals surface area contributed by atoms with Gasteiger partial charge in [0.25, 0.3) is 0 Å². The van der Waals surface area contributed by atoms with Crippen molar-refractivity contribution < 1.29 is 42.1 Å². The van der Waals surface area contributed by atoms with Crippen molar-refractivity contribution in [2.75, 3.05) is 47.5 Å². The monoisotopic (exact) mass is 918 g/mol. The molecule has 322 valence electrons. The number of quaternary nitrogens is 1. The largest absolute Gasteiger partial charge is 0.472 e. The van der Waals surface area contributed by atoms with Gasteiger partial charge in [-0.25, -0.2) is 4.57 Å². The third-order valence-corrected chi connectivity index (χ3v) is 13.6. The van der Waals surface area contributed by atoms with Crippen molar-refractivity contribution in [3.8, 4) is 0 Å². The third kappa shape index (κ3) is 37.5. The van der Waals surface area contributed by atoms with E-state index in [2.05, 4.69) is 45.7 Å². The van der Waals surface area contributed by atoms with Crippen LogP contribution in [-0.4, -0.2) is 84.6 Å². The smallest absolute Gasteiger partial charge is 0.462 e. The van der Waals surface area contributed by atoms with Crippen LogP contribution in [0.15, 0.2) is 0 Å². The average molecular weight is 921 g/mol. The molecule has 0 aliphatic carbocycles. The van der Waals surface area contributed by atoms with Crippen molar-refractivity contribution in [2.24, 2.45) is 0 Å². The molecule has 0 fully saturated rings. The number of ether oxygens (including phenoxy) is 2. The van der Waals surface area contributed by atoms with Crippen LogP contribution < -0.4 is 0 Å². The van der Waals surface area contributed by atoms with Crippen LogP contribution in [0.5, 0.6) is 0 Å². The highest BCUT2D eigenvalue weighted by Crippen LogP contribution is 2.43. The second kappa shape index (κ2) is 36.1. The Labute approximate surface area is 349 Å². The number of rotatable bonds is 40. The molecule has 0 saturated carbocycles. The quantitative estimate of drug-likeness (QED) is 0.0213. The fraction of sp³-hybridized carbons (Fsp3) is 0.952. The van der Waals surface area contributed by atoms with E-state index in [1.54, 1.807) is 0 Å². The molecule has 0 amide bonds. The molecule has 0 radical (unpaired) electrons. The van der Waals surface area contributed by atoms with E-state index in [1.807, 2.05) is 21.1 Å². The maximum absolute atomic E-state index is 12.9. The number of hydrogen-bond donors (Lipinski definition) is 1. The van der Waals surface area contributed by atoms with Crippen LogP contribution in [0.25, 0.3) is 0 Å². The van der Waals surface area contributed by atoms with E-state index in [1.165, 1.54) is 128 Å². The Hall–Kier alpha value is -0.0300. The van der Waals surface area contributed by atoms with Crippen LogP contribution in [0.1, 0.15) is 194 Å². The van der Waals surface area contributed by atoms with Crippen molar-refractivity contribution >= 4 is 51.6 Å². The average Bonchev–Trinajstić information content (AvgIpc) is 3.11. The molecule has 0 aliphatic heterocycles. The first-order valence-corrected chi connectivity index (χ1v) is 25.2. The molecule has 1 N–H and O–H groups in total. The molecular weight excluding hydrogens is 837 g/mol. The minimum absolute atomic E-state index is 0.0232. The van der Waals surface area contributed by atoms with E-state index in [9.17, 15) is 19.0 Å². The second-order valence-corrected chi connectivity index (χ2v) is 20.1. The highest BCUT2D eigenvalue weighted by molar-refractivity contribution is 9.12. The van der Waals surface area contributed by atoms with Crippen LogP contribution in [0.4, 0.5) is 0 Å². The Morgan fingerprint density at radius 3 is 1.46 bits per heavy atom. The van der Waals surface area contributed by atoms with Crippen LogP contribution in [0.3, 0.4) is 0 Å². The summed E-state index contributed by atoms with van der Waals surface area (Å²) in [4.78, 5) is 36.0. The summed E-state index contributed by atoms with van der Waals surface area (Å²) in [5, 5.41) is 0. The molecule has 0 bridgehead atoms. The van der Waals surface area contributed by atoms with Gasteiger partial charge in [0.1, 0.15) is 19.8 Å². The van der Waals surface area contributed by atoms with Crippen LogP contribution >= 0.6 is 39.7 Å². The van der Waals surface area contributed by atoms with E-state index in [4.69, 9.17) is 18.5 Å². The van der Waals surface area contributed by atoms with Gasteiger partial charge in [-0.3, -0.25) is 18.6 Å². The number of alkyl halides is 2. The summed E-state index contributed by atoms with van der Waals surface area (Å²) >= 11 is 7.53. The van der Waals surface area contributed by atoms with Gasteiger partial charge in [-0.2, -0.15) is 0 Å². The summed E-state index contributed by atoms with van der Waals surface area (Å²) in [5.41, 5.74) is 0. The zero-order valence-electron chi connectivity index (χ0n) is 35.3. The Kier molecular flexibility index (Phi) is 36.1. The number of carbonyl (C=O) groups excluding carboxylic acids is 2. The zero-order chi connectivity index (χ0) is 40.3. The summed E-state index contributed by atoms with van der Waals surface area (Å²) in [7, 11) is 1.45. The van der Waals surface area contributed by atoms with E-state index in [-0.39, 0.29) is 41.7 Å². The van der Waals surface area contributed by atoms with Gasteiger partial charge in [0.2, 0.25) is 0 Å². The van der Waals surface area contributed by atoms with Gasteiger partial charge in [-0.15, -0.1) is 0 Å². The van der Waals surface area contributed by atoms with Gasteiger partial charge >= 0.3 is 19.8 Å². The predicted molar refractivity (Wildman–Crippen MR) is 232 cm³/mol. The predicted octanol–water partition coefficient (Wildman–Crippen LogP) is 12.8. The fourth-order valence-corrected chi connectivity index (χ4v) is 7.99. The maximum atomic E-state index is 12.9. The maximum Gasteiger partial charge on any atom is 0.472 e. The Morgan fingerprint density at radius 1 is 0.574 bits per heavy atom. The first-order chi connectivity index (χ1) is 25.8. The SMILES string of the molecule is CCCCCCCCCCCCCCCC(=O)OCC(COP(=O)(O)OCC[N+](C)(C)C)OC(=O)CCC(Br)C(Br)CCCCCCCCCCCCC. The number of hydrogen-bond acceptors (Lipinski definition) is 7. The number of phosphoric acid groups is 1. The molecule has 0 aliphatic rings. The molecule has 9 nitrogen and oxygen atoms in total. The molecule has 0 aromatic rings. The summed E-state index contributed by atoms with van der Waals surface area (Å²) in [5.74, 6) is -0.857. The Balaban J connectivity index is 4.55. The zero-order valence-corrected chi connectivity index (χ0v) is 39.4. The summed E-state index contributed by atoms with van der Waals surface area (Å²) in [6.07, 6.45) is 31.3. The lowest BCUT2D eigenvalue weighted by Crippen LogP contribution is -2.37. The molecule has 0 spiro atoms.